The number of unbranched alkanes of at least 4 members (excludes halogenated alkanes) is 2. The van der Waals surface area contributed by atoms with Gasteiger partial charge in [0.1, 0.15) is 6.10 Å². The van der Waals surface area contributed by atoms with E-state index >= 15 is 0 Å². The fourth-order valence-electron chi connectivity index (χ4n) is 2.25. The second-order valence-corrected chi connectivity index (χ2v) is 5.72. The van der Waals surface area contributed by atoms with Crippen LogP contribution in [0.15, 0.2) is 0 Å². The van der Waals surface area contributed by atoms with Crippen molar-refractivity contribution in [3.05, 3.63) is 0 Å². The lowest BCUT2D eigenvalue weighted by molar-refractivity contribution is -0.280. The minimum absolute atomic E-state index is 0.162. The summed E-state index contributed by atoms with van der Waals surface area (Å²) in [6, 6.07) is 0. The minimum Gasteiger partial charge on any atom is -0.456 e. The largest absolute Gasteiger partial charge is 0.456 e. The Bertz CT molecular complexity index is 456. The third kappa shape index (κ3) is 5.78. The average molecular weight is 342 g/mol. The Balaban J connectivity index is 2.75. The number of aliphatic hydroxyl groups excluding tert-OH is 2. The van der Waals surface area contributed by atoms with Gasteiger partial charge in [-0.2, -0.15) is 0 Å². The van der Waals surface area contributed by atoms with Crippen LogP contribution in [0.5, 0.6) is 0 Å². The highest BCUT2D eigenvalue weighted by molar-refractivity contribution is 5.70. The van der Waals surface area contributed by atoms with Crippen molar-refractivity contribution in [3.63, 3.8) is 0 Å². The molecule has 7 nitrogen and oxygen atoms in total. The van der Waals surface area contributed by atoms with Crippen molar-refractivity contribution < 1.29 is 34.0 Å². The summed E-state index contributed by atoms with van der Waals surface area (Å²) in [4.78, 5) is 23.5. The van der Waals surface area contributed by atoms with Gasteiger partial charge in [0.15, 0.2) is 18.3 Å². The number of carbonyl (C=O) groups excluding carboxylic acids is 2. The van der Waals surface area contributed by atoms with Gasteiger partial charge in [-0.1, -0.05) is 32.6 Å². The first-order valence-corrected chi connectivity index (χ1v) is 8.31. The van der Waals surface area contributed by atoms with Gasteiger partial charge in [-0.25, -0.2) is 0 Å². The van der Waals surface area contributed by atoms with Crippen LogP contribution in [0.2, 0.25) is 0 Å². The van der Waals surface area contributed by atoms with E-state index in [0.29, 0.717) is 12.8 Å². The Morgan fingerprint density at radius 2 is 1.58 bits per heavy atom. The van der Waals surface area contributed by atoms with Gasteiger partial charge in [0, 0.05) is 12.8 Å². The van der Waals surface area contributed by atoms with Crippen LogP contribution in [0.25, 0.3) is 0 Å². The maximum absolute atomic E-state index is 11.8. The lowest BCUT2D eigenvalue weighted by atomic mass is 9.99. The number of carbonyl (C=O) groups is 2. The highest BCUT2D eigenvalue weighted by Crippen LogP contribution is 2.25. The summed E-state index contributed by atoms with van der Waals surface area (Å²) in [6.45, 7) is 3.85. The molecule has 0 aromatic carbocycles. The molecule has 2 N–H and O–H groups in total. The molecule has 2 unspecified atom stereocenters. The van der Waals surface area contributed by atoms with Crippen LogP contribution < -0.4 is 0 Å². The van der Waals surface area contributed by atoms with Crippen molar-refractivity contribution in [2.45, 2.75) is 83.1 Å². The van der Waals surface area contributed by atoms with E-state index in [1.165, 1.54) is 0 Å². The van der Waals surface area contributed by atoms with Crippen molar-refractivity contribution in [2.75, 3.05) is 0 Å². The van der Waals surface area contributed by atoms with Gasteiger partial charge in [0.25, 0.3) is 0 Å². The molecule has 0 bridgehead atoms. The number of terminal acetylenes is 1. The van der Waals surface area contributed by atoms with Crippen LogP contribution in [0, 0.1) is 12.3 Å². The lowest BCUT2D eigenvalue weighted by Gasteiger charge is -2.39. The molecule has 1 aliphatic rings. The first kappa shape index (κ1) is 20.4. The molecule has 0 saturated carbocycles. The number of ether oxygens (including phenoxy) is 3. The van der Waals surface area contributed by atoms with Crippen molar-refractivity contribution in [2.24, 2.45) is 0 Å². The first-order chi connectivity index (χ1) is 11.4. The van der Waals surface area contributed by atoms with E-state index in [4.69, 9.17) is 20.6 Å². The van der Waals surface area contributed by atoms with Gasteiger partial charge in [0.05, 0.1) is 0 Å². The van der Waals surface area contributed by atoms with Crippen molar-refractivity contribution >= 4 is 11.9 Å². The van der Waals surface area contributed by atoms with Crippen LogP contribution in [0.4, 0.5) is 0 Å². The molecule has 0 aromatic heterocycles. The summed E-state index contributed by atoms with van der Waals surface area (Å²) >= 11 is 0. The standard InChI is InChI=1S/C17H26O7/c1-4-7-9-12(18)23-16-14(20)11(6-3)22-17(15(16)21)24-13(19)10-8-5-2/h3,11,14-17,20-21H,4-5,7-10H2,1-2H3/t11?,14-,15?,16-,17-/m1/s1. The van der Waals surface area contributed by atoms with Gasteiger partial charge in [-0.15, -0.1) is 6.42 Å². The van der Waals surface area contributed by atoms with Crippen LogP contribution in [-0.4, -0.2) is 52.9 Å². The second-order valence-electron chi connectivity index (χ2n) is 5.72. The highest BCUT2D eigenvalue weighted by Gasteiger charge is 2.48. The molecular formula is C17H26O7. The highest BCUT2D eigenvalue weighted by atomic mass is 16.7. The summed E-state index contributed by atoms with van der Waals surface area (Å²) in [5.74, 6) is 1.09. The third-order valence-corrected chi connectivity index (χ3v) is 3.69. The SMILES string of the molecule is C#CC1O[C@H](OC(=O)CCCC)C(O)[C@H](OC(=O)CCCC)[C@@H]1O. The Kier molecular flexibility index (Phi) is 8.76. The van der Waals surface area contributed by atoms with Crippen LogP contribution in [0.3, 0.4) is 0 Å². The molecule has 0 amide bonds. The smallest absolute Gasteiger partial charge is 0.308 e. The van der Waals surface area contributed by atoms with E-state index in [1.54, 1.807) is 0 Å². The zero-order valence-electron chi connectivity index (χ0n) is 14.1. The molecule has 0 aliphatic carbocycles. The number of hydrogen-bond acceptors (Lipinski definition) is 7. The molecular weight excluding hydrogens is 316 g/mol. The topological polar surface area (TPSA) is 102 Å². The Hall–Kier alpha value is -1.62. The molecule has 1 aliphatic heterocycles. The number of rotatable bonds is 8. The van der Waals surface area contributed by atoms with E-state index in [1.807, 2.05) is 13.8 Å². The van der Waals surface area contributed by atoms with E-state index in [0.717, 1.165) is 12.8 Å². The molecule has 5 atom stereocenters. The summed E-state index contributed by atoms with van der Waals surface area (Å²) in [6.07, 6.45) is 1.74. The molecule has 1 rings (SSSR count). The van der Waals surface area contributed by atoms with Crippen molar-refractivity contribution in [3.8, 4) is 12.3 Å². The minimum atomic E-state index is -1.51. The van der Waals surface area contributed by atoms with Crippen LogP contribution in [0.1, 0.15) is 52.4 Å². The fraction of sp³-hybridized carbons (Fsp3) is 0.765. The molecule has 24 heavy (non-hydrogen) atoms. The molecule has 7 heteroatoms. The molecule has 1 heterocycles. The number of aliphatic hydroxyl groups is 2. The molecule has 1 fully saturated rings. The van der Waals surface area contributed by atoms with Gasteiger partial charge in [0.2, 0.25) is 6.29 Å². The van der Waals surface area contributed by atoms with Gasteiger partial charge in [-0.05, 0) is 12.8 Å². The van der Waals surface area contributed by atoms with Crippen LogP contribution >= 0.6 is 0 Å². The van der Waals surface area contributed by atoms with Crippen LogP contribution in [-0.2, 0) is 23.8 Å². The zero-order valence-corrected chi connectivity index (χ0v) is 14.1. The first-order valence-electron chi connectivity index (χ1n) is 8.31. The quantitative estimate of drug-likeness (QED) is 0.499. The number of hydrogen-bond donors (Lipinski definition) is 2. The monoisotopic (exact) mass is 342 g/mol. The summed E-state index contributed by atoms with van der Waals surface area (Å²) in [5.41, 5.74) is 0. The van der Waals surface area contributed by atoms with Gasteiger partial charge in [-0.3, -0.25) is 9.59 Å². The molecule has 0 aromatic rings. The Morgan fingerprint density at radius 3 is 2.08 bits per heavy atom. The summed E-state index contributed by atoms with van der Waals surface area (Å²) in [7, 11) is 0. The fourth-order valence-corrected chi connectivity index (χ4v) is 2.25. The summed E-state index contributed by atoms with van der Waals surface area (Å²) in [5, 5.41) is 20.4. The maximum atomic E-state index is 11.8. The molecule has 1 saturated heterocycles. The second kappa shape index (κ2) is 10.3. The van der Waals surface area contributed by atoms with Gasteiger partial charge < -0.3 is 24.4 Å². The number of esters is 2. The predicted molar refractivity (Wildman–Crippen MR) is 84.5 cm³/mol. The molecule has 136 valence electrons. The van der Waals surface area contributed by atoms with E-state index < -0.39 is 42.6 Å². The normalized spacial score (nSPS) is 29.5. The van der Waals surface area contributed by atoms with Gasteiger partial charge >= 0.3 is 11.9 Å². The van der Waals surface area contributed by atoms with Crippen molar-refractivity contribution in [1.82, 2.24) is 0 Å². The van der Waals surface area contributed by atoms with E-state index in [9.17, 15) is 19.8 Å². The zero-order chi connectivity index (χ0) is 18.1. The Labute approximate surface area is 142 Å². The maximum Gasteiger partial charge on any atom is 0.308 e. The average Bonchev–Trinajstić information content (AvgIpc) is 2.57. The lowest BCUT2D eigenvalue weighted by Crippen LogP contribution is -2.59. The predicted octanol–water partition coefficient (Wildman–Crippen LogP) is 0.902. The Morgan fingerprint density at radius 1 is 1.04 bits per heavy atom. The third-order valence-electron chi connectivity index (χ3n) is 3.69. The van der Waals surface area contributed by atoms with Crippen molar-refractivity contribution in [1.29, 1.82) is 0 Å². The molecule has 0 spiro atoms. The molecule has 0 radical (unpaired) electrons. The van der Waals surface area contributed by atoms with E-state index in [2.05, 4.69) is 5.92 Å². The van der Waals surface area contributed by atoms with E-state index in [-0.39, 0.29) is 12.8 Å². The summed E-state index contributed by atoms with van der Waals surface area (Å²) < 4.78 is 15.4.